The maximum absolute atomic E-state index is 9.23. The molecule has 4 heteroatoms. The molecule has 2 atom stereocenters. The number of nitriles is 1. The Morgan fingerprint density at radius 2 is 2.28 bits per heavy atom. The number of anilines is 1. The third-order valence-corrected chi connectivity index (χ3v) is 3.74. The predicted octanol–water partition coefficient (Wildman–Crippen LogP) is 2.11. The highest BCUT2D eigenvalue weighted by Gasteiger charge is 2.26. The van der Waals surface area contributed by atoms with Gasteiger partial charge in [-0.2, -0.15) is 5.26 Å². The maximum Gasteiger partial charge on any atom is 0.103 e. The molecule has 1 aliphatic carbocycles. The lowest BCUT2D eigenvalue weighted by atomic mass is 10.0. The highest BCUT2D eigenvalue weighted by molar-refractivity contribution is 5.60. The minimum Gasteiger partial charge on any atom is -0.381 e. The summed E-state index contributed by atoms with van der Waals surface area (Å²) in [7, 11) is 0. The molecule has 1 aliphatic rings. The van der Waals surface area contributed by atoms with Crippen LogP contribution in [0.3, 0.4) is 0 Å². The largest absolute Gasteiger partial charge is 0.381 e. The van der Waals surface area contributed by atoms with Crippen molar-refractivity contribution in [3.63, 3.8) is 0 Å². The van der Waals surface area contributed by atoms with Crippen LogP contribution >= 0.6 is 0 Å². The number of nitrogens with one attached hydrogen (secondary N) is 1. The molecule has 18 heavy (non-hydrogen) atoms. The number of aryl methyl sites for hydroxylation is 2. The van der Waals surface area contributed by atoms with Crippen molar-refractivity contribution in [2.45, 2.75) is 39.2 Å². The average Bonchev–Trinajstić information content (AvgIpc) is 2.76. The lowest BCUT2D eigenvalue weighted by molar-refractivity contribution is 0.516. The molecule has 3 N–H and O–H groups in total. The molecule has 0 amide bonds. The summed E-state index contributed by atoms with van der Waals surface area (Å²) < 4.78 is 0. The molecule has 0 spiro atoms. The van der Waals surface area contributed by atoms with Crippen molar-refractivity contribution in [1.29, 1.82) is 5.26 Å². The fourth-order valence-electron chi connectivity index (χ4n) is 2.79. The van der Waals surface area contributed by atoms with Crippen molar-refractivity contribution in [3.8, 4) is 6.07 Å². The Morgan fingerprint density at radius 3 is 2.94 bits per heavy atom. The summed E-state index contributed by atoms with van der Waals surface area (Å²) in [4.78, 5) is 4.33. The second-order valence-electron chi connectivity index (χ2n) is 5.06. The Labute approximate surface area is 108 Å². The average molecular weight is 244 g/mol. The van der Waals surface area contributed by atoms with Crippen LogP contribution in [-0.2, 0) is 0 Å². The Balaban J connectivity index is 2.26. The number of hydrogen-bond acceptors (Lipinski definition) is 4. The van der Waals surface area contributed by atoms with Crippen LogP contribution in [0.2, 0.25) is 0 Å². The smallest absolute Gasteiger partial charge is 0.103 e. The minimum absolute atomic E-state index is 0.392. The zero-order valence-electron chi connectivity index (χ0n) is 11.0. The fourth-order valence-corrected chi connectivity index (χ4v) is 2.79. The van der Waals surface area contributed by atoms with Crippen LogP contribution in [0.4, 0.5) is 5.69 Å². The number of nitrogens with zero attached hydrogens (tertiary/aromatic N) is 2. The Bertz CT molecular complexity index is 475. The Hall–Kier alpha value is -1.60. The molecule has 1 fully saturated rings. The summed E-state index contributed by atoms with van der Waals surface area (Å²) in [5.74, 6) is 0.519. The van der Waals surface area contributed by atoms with E-state index in [1.807, 2.05) is 19.9 Å². The highest BCUT2D eigenvalue weighted by atomic mass is 14.9. The zero-order valence-corrected chi connectivity index (χ0v) is 11.0. The molecule has 2 rings (SSSR count). The van der Waals surface area contributed by atoms with Gasteiger partial charge in [-0.25, -0.2) is 0 Å². The molecular weight excluding hydrogens is 224 g/mol. The van der Waals surface area contributed by atoms with Crippen molar-refractivity contribution >= 4 is 5.69 Å². The van der Waals surface area contributed by atoms with Gasteiger partial charge in [-0.3, -0.25) is 4.98 Å². The minimum atomic E-state index is 0.392. The van der Waals surface area contributed by atoms with Gasteiger partial charge in [0.15, 0.2) is 0 Å². The van der Waals surface area contributed by atoms with Gasteiger partial charge in [-0.15, -0.1) is 0 Å². The molecule has 4 nitrogen and oxygen atoms in total. The highest BCUT2D eigenvalue weighted by Crippen LogP contribution is 2.29. The van der Waals surface area contributed by atoms with Gasteiger partial charge in [0.2, 0.25) is 0 Å². The first-order valence-electron chi connectivity index (χ1n) is 6.50. The molecule has 1 aromatic rings. The van der Waals surface area contributed by atoms with E-state index in [-0.39, 0.29) is 0 Å². The second kappa shape index (κ2) is 5.36. The molecule has 0 bridgehead atoms. The van der Waals surface area contributed by atoms with E-state index in [4.69, 9.17) is 5.73 Å². The van der Waals surface area contributed by atoms with Crippen molar-refractivity contribution in [3.05, 3.63) is 23.0 Å². The molecule has 96 valence electrons. The molecule has 1 saturated carbocycles. The normalized spacial score (nSPS) is 22.8. The van der Waals surface area contributed by atoms with E-state index in [2.05, 4.69) is 16.4 Å². The molecule has 0 radical (unpaired) electrons. The first-order chi connectivity index (χ1) is 8.65. The molecule has 1 heterocycles. The van der Waals surface area contributed by atoms with E-state index in [9.17, 15) is 5.26 Å². The summed E-state index contributed by atoms with van der Waals surface area (Å²) >= 11 is 0. The fraction of sp³-hybridized carbons (Fsp3) is 0.571. The molecule has 0 aliphatic heterocycles. The van der Waals surface area contributed by atoms with Crippen LogP contribution in [0, 0.1) is 31.1 Å². The predicted molar refractivity (Wildman–Crippen MR) is 72.2 cm³/mol. The lowest BCUT2D eigenvalue weighted by Crippen LogP contribution is -2.29. The van der Waals surface area contributed by atoms with Crippen molar-refractivity contribution in [1.82, 2.24) is 4.98 Å². The monoisotopic (exact) mass is 244 g/mol. The van der Waals surface area contributed by atoms with Crippen molar-refractivity contribution in [2.75, 3.05) is 11.9 Å². The summed E-state index contributed by atoms with van der Waals surface area (Å²) in [5.41, 5.74) is 9.09. The number of aromatic nitrogens is 1. The van der Waals surface area contributed by atoms with E-state index in [1.165, 1.54) is 12.8 Å². The van der Waals surface area contributed by atoms with Gasteiger partial charge in [0.05, 0.1) is 16.9 Å². The van der Waals surface area contributed by atoms with E-state index in [1.54, 1.807) is 0 Å². The van der Waals surface area contributed by atoms with Crippen LogP contribution in [0.25, 0.3) is 0 Å². The second-order valence-corrected chi connectivity index (χ2v) is 5.06. The van der Waals surface area contributed by atoms with Crippen molar-refractivity contribution in [2.24, 2.45) is 11.7 Å². The van der Waals surface area contributed by atoms with E-state index in [0.717, 1.165) is 23.5 Å². The first-order valence-corrected chi connectivity index (χ1v) is 6.50. The van der Waals surface area contributed by atoms with Gasteiger partial charge < -0.3 is 11.1 Å². The molecule has 0 aromatic carbocycles. The third-order valence-electron chi connectivity index (χ3n) is 3.74. The van der Waals surface area contributed by atoms with Gasteiger partial charge >= 0.3 is 0 Å². The molecular formula is C14H20N4. The lowest BCUT2D eigenvalue weighted by Gasteiger charge is -2.22. The molecule has 1 aromatic heterocycles. The maximum atomic E-state index is 9.23. The van der Waals surface area contributed by atoms with Gasteiger partial charge in [0, 0.05) is 11.7 Å². The number of hydrogen-bond donors (Lipinski definition) is 2. The summed E-state index contributed by atoms with van der Waals surface area (Å²) in [5, 5.41) is 12.7. The van der Waals surface area contributed by atoms with Gasteiger partial charge in [-0.05, 0) is 45.2 Å². The van der Waals surface area contributed by atoms with E-state index >= 15 is 0 Å². The summed E-state index contributed by atoms with van der Waals surface area (Å²) in [6.07, 6.45) is 3.52. The van der Waals surface area contributed by atoms with Gasteiger partial charge in [0.1, 0.15) is 6.07 Å². The van der Waals surface area contributed by atoms with Crippen LogP contribution in [0.1, 0.15) is 36.2 Å². The summed E-state index contributed by atoms with van der Waals surface area (Å²) in [6.45, 7) is 4.54. The Morgan fingerprint density at radius 1 is 1.50 bits per heavy atom. The van der Waals surface area contributed by atoms with E-state index < -0.39 is 0 Å². The number of rotatable bonds is 3. The van der Waals surface area contributed by atoms with Crippen molar-refractivity contribution < 1.29 is 0 Å². The van der Waals surface area contributed by atoms with Crippen LogP contribution in [0.15, 0.2) is 6.07 Å². The van der Waals surface area contributed by atoms with Gasteiger partial charge in [0.25, 0.3) is 0 Å². The molecule has 2 unspecified atom stereocenters. The zero-order chi connectivity index (χ0) is 13.1. The Kier molecular flexibility index (Phi) is 3.83. The number of nitrogens with two attached hydrogens (primary N) is 1. The number of pyridine rings is 1. The van der Waals surface area contributed by atoms with Crippen LogP contribution in [0.5, 0.6) is 0 Å². The SMILES string of the molecule is Cc1cc(NC2CCCC2CN)c(C#N)c(C)n1. The van der Waals surface area contributed by atoms with E-state index in [0.29, 0.717) is 24.1 Å². The first kappa shape index (κ1) is 12.8. The van der Waals surface area contributed by atoms with Crippen LogP contribution < -0.4 is 11.1 Å². The third kappa shape index (κ3) is 2.46. The molecule has 0 saturated heterocycles. The topological polar surface area (TPSA) is 74.7 Å². The van der Waals surface area contributed by atoms with Gasteiger partial charge in [-0.1, -0.05) is 6.42 Å². The quantitative estimate of drug-likeness (QED) is 0.854. The standard InChI is InChI=1S/C14H20N4/c1-9-6-14(12(8-16)10(2)17-9)18-13-5-3-4-11(13)7-15/h6,11,13H,3-5,7,15H2,1-2H3,(H,17,18). The van der Waals surface area contributed by atoms with Crippen LogP contribution in [-0.4, -0.2) is 17.6 Å². The summed E-state index contributed by atoms with van der Waals surface area (Å²) in [6, 6.07) is 4.59.